The summed E-state index contributed by atoms with van der Waals surface area (Å²) in [6.45, 7) is 1.74. The number of amides is 1. The number of ether oxygens (including phenoxy) is 1. The van der Waals surface area contributed by atoms with Gasteiger partial charge in [0.15, 0.2) is 0 Å². The van der Waals surface area contributed by atoms with Gasteiger partial charge in [-0.2, -0.15) is 10.1 Å². The van der Waals surface area contributed by atoms with Crippen molar-refractivity contribution in [2.75, 3.05) is 12.1 Å². The van der Waals surface area contributed by atoms with E-state index in [0.717, 1.165) is 11.3 Å². The Morgan fingerprint density at radius 1 is 1.08 bits per heavy atom. The van der Waals surface area contributed by atoms with Gasteiger partial charge < -0.3 is 4.74 Å². The summed E-state index contributed by atoms with van der Waals surface area (Å²) in [5.74, 6) is 0.438. The van der Waals surface area contributed by atoms with Crippen molar-refractivity contribution in [1.29, 1.82) is 0 Å². The van der Waals surface area contributed by atoms with Gasteiger partial charge in [0.25, 0.3) is 5.91 Å². The lowest BCUT2D eigenvalue weighted by molar-refractivity contribution is -0.114. The number of sulfonamides is 1. The zero-order chi connectivity index (χ0) is 18.9. The SMILES string of the molecule is COc1ccc(C=C2C(=O)N(c3ccc(S(N)(=O)=O)cc3)N=C2C)cc1. The van der Waals surface area contributed by atoms with Crippen LogP contribution in [0.5, 0.6) is 5.75 Å². The van der Waals surface area contributed by atoms with E-state index in [1.54, 1.807) is 20.1 Å². The number of benzene rings is 2. The average molecular weight is 371 g/mol. The molecule has 0 radical (unpaired) electrons. The number of carbonyl (C=O) groups excluding carboxylic acids is 1. The summed E-state index contributed by atoms with van der Waals surface area (Å²) < 4.78 is 27.8. The predicted octanol–water partition coefficient (Wildman–Crippen LogP) is 2.15. The molecule has 2 aromatic carbocycles. The van der Waals surface area contributed by atoms with Crippen LogP contribution >= 0.6 is 0 Å². The van der Waals surface area contributed by atoms with E-state index in [1.165, 1.54) is 29.3 Å². The van der Waals surface area contributed by atoms with Crippen molar-refractivity contribution >= 4 is 33.4 Å². The van der Waals surface area contributed by atoms with Gasteiger partial charge in [-0.15, -0.1) is 0 Å². The summed E-state index contributed by atoms with van der Waals surface area (Å²) in [5, 5.41) is 10.6. The minimum absolute atomic E-state index is 0.0254. The highest BCUT2D eigenvalue weighted by molar-refractivity contribution is 7.89. The van der Waals surface area contributed by atoms with Crippen LogP contribution in [0.25, 0.3) is 6.08 Å². The maximum absolute atomic E-state index is 12.7. The van der Waals surface area contributed by atoms with Crippen LogP contribution in [0.1, 0.15) is 12.5 Å². The molecule has 8 heteroatoms. The fourth-order valence-electron chi connectivity index (χ4n) is 2.50. The predicted molar refractivity (Wildman–Crippen MR) is 99.4 cm³/mol. The Bertz CT molecular complexity index is 1010. The number of rotatable bonds is 4. The molecule has 0 bridgehead atoms. The van der Waals surface area contributed by atoms with Gasteiger partial charge in [0, 0.05) is 0 Å². The molecule has 0 unspecified atom stereocenters. The van der Waals surface area contributed by atoms with Crippen LogP contribution in [0.2, 0.25) is 0 Å². The Morgan fingerprint density at radius 2 is 1.69 bits per heavy atom. The van der Waals surface area contributed by atoms with E-state index in [0.29, 0.717) is 17.0 Å². The summed E-state index contributed by atoms with van der Waals surface area (Å²) >= 11 is 0. The standard InChI is InChI=1S/C18H17N3O4S/c1-12-17(11-13-3-7-15(25-2)8-4-13)18(22)21(20-12)14-5-9-16(10-6-14)26(19,23)24/h3-11H,1-2H3,(H2,19,23,24). The topological polar surface area (TPSA) is 102 Å². The minimum atomic E-state index is -3.79. The Kier molecular flexibility index (Phi) is 4.62. The lowest BCUT2D eigenvalue weighted by Gasteiger charge is -2.12. The molecule has 1 aliphatic rings. The third kappa shape index (κ3) is 3.51. The monoisotopic (exact) mass is 371 g/mol. The molecule has 134 valence electrons. The van der Waals surface area contributed by atoms with Crippen molar-refractivity contribution < 1.29 is 17.9 Å². The molecule has 0 aromatic heterocycles. The summed E-state index contributed by atoms with van der Waals surface area (Å²) in [5.41, 5.74) is 2.34. The molecule has 1 aliphatic heterocycles. The number of carbonyl (C=O) groups is 1. The highest BCUT2D eigenvalue weighted by atomic mass is 32.2. The van der Waals surface area contributed by atoms with Crippen molar-refractivity contribution in [3.63, 3.8) is 0 Å². The molecule has 1 heterocycles. The van der Waals surface area contributed by atoms with E-state index in [2.05, 4.69) is 5.10 Å². The van der Waals surface area contributed by atoms with Crippen molar-refractivity contribution in [1.82, 2.24) is 0 Å². The van der Waals surface area contributed by atoms with Gasteiger partial charge in [0.05, 0.1) is 29.0 Å². The van der Waals surface area contributed by atoms with Crippen molar-refractivity contribution in [3.8, 4) is 5.75 Å². The van der Waals surface area contributed by atoms with Crippen molar-refractivity contribution in [3.05, 3.63) is 59.7 Å². The van der Waals surface area contributed by atoms with Gasteiger partial charge in [0.2, 0.25) is 10.0 Å². The highest BCUT2D eigenvalue weighted by Crippen LogP contribution is 2.26. The Morgan fingerprint density at radius 3 is 2.23 bits per heavy atom. The molecule has 2 aromatic rings. The molecule has 0 fully saturated rings. The van der Waals surface area contributed by atoms with E-state index in [1.807, 2.05) is 24.3 Å². The molecule has 1 amide bonds. The van der Waals surface area contributed by atoms with E-state index in [4.69, 9.17) is 9.88 Å². The second kappa shape index (κ2) is 6.74. The lowest BCUT2D eigenvalue weighted by atomic mass is 10.1. The zero-order valence-corrected chi connectivity index (χ0v) is 15.0. The molecule has 2 N–H and O–H groups in total. The first-order chi connectivity index (χ1) is 12.3. The summed E-state index contributed by atoms with van der Waals surface area (Å²) in [6.07, 6.45) is 1.75. The lowest BCUT2D eigenvalue weighted by Crippen LogP contribution is -2.21. The molecule has 26 heavy (non-hydrogen) atoms. The third-order valence-corrected chi connectivity index (χ3v) is 4.83. The first-order valence-corrected chi connectivity index (χ1v) is 9.23. The number of nitrogens with zero attached hydrogens (tertiary/aromatic N) is 2. The highest BCUT2D eigenvalue weighted by Gasteiger charge is 2.28. The largest absolute Gasteiger partial charge is 0.497 e. The van der Waals surface area contributed by atoms with Crippen LogP contribution in [0.4, 0.5) is 5.69 Å². The van der Waals surface area contributed by atoms with Crippen LogP contribution in [0.3, 0.4) is 0 Å². The second-order valence-corrected chi connectivity index (χ2v) is 7.23. The fraction of sp³-hybridized carbons (Fsp3) is 0.111. The number of hydrazone groups is 1. The summed E-state index contributed by atoms with van der Waals surface area (Å²) in [6, 6.07) is 13.0. The first kappa shape index (κ1) is 17.8. The fourth-order valence-corrected chi connectivity index (χ4v) is 3.02. The van der Waals surface area contributed by atoms with Crippen molar-refractivity contribution in [2.45, 2.75) is 11.8 Å². The molecule has 0 saturated heterocycles. The van der Waals surface area contributed by atoms with Gasteiger partial charge in [-0.3, -0.25) is 4.79 Å². The zero-order valence-electron chi connectivity index (χ0n) is 14.2. The summed E-state index contributed by atoms with van der Waals surface area (Å²) in [7, 11) is -2.20. The number of hydrogen-bond donors (Lipinski definition) is 1. The van der Waals surface area contributed by atoms with Crippen LogP contribution in [0.15, 0.2) is 64.1 Å². The number of anilines is 1. The summed E-state index contributed by atoms with van der Waals surface area (Å²) in [4.78, 5) is 12.7. The van der Waals surface area contributed by atoms with Gasteiger partial charge in [-0.1, -0.05) is 12.1 Å². The molecule has 0 saturated carbocycles. The normalized spacial score (nSPS) is 16.1. The smallest absolute Gasteiger partial charge is 0.280 e. The van der Waals surface area contributed by atoms with E-state index < -0.39 is 10.0 Å². The van der Waals surface area contributed by atoms with E-state index in [9.17, 15) is 13.2 Å². The number of hydrogen-bond acceptors (Lipinski definition) is 5. The molecular formula is C18H17N3O4S. The number of methoxy groups -OCH3 is 1. The van der Waals surface area contributed by atoms with Gasteiger partial charge in [0.1, 0.15) is 5.75 Å². The van der Waals surface area contributed by atoms with Crippen LogP contribution in [-0.4, -0.2) is 27.1 Å². The van der Waals surface area contributed by atoms with E-state index in [-0.39, 0.29) is 10.8 Å². The third-order valence-electron chi connectivity index (χ3n) is 3.90. The van der Waals surface area contributed by atoms with Gasteiger partial charge in [-0.25, -0.2) is 13.6 Å². The maximum atomic E-state index is 12.7. The average Bonchev–Trinajstić information content (AvgIpc) is 2.90. The van der Waals surface area contributed by atoms with Crippen LogP contribution in [-0.2, 0) is 14.8 Å². The molecule has 3 rings (SSSR count). The van der Waals surface area contributed by atoms with Gasteiger partial charge in [-0.05, 0) is 55.0 Å². The Balaban J connectivity index is 1.88. The van der Waals surface area contributed by atoms with Crippen LogP contribution in [0, 0.1) is 0 Å². The quantitative estimate of drug-likeness (QED) is 0.832. The first-order valence-electron chi connectivity index (χ1n) is 7.68. The minimum Gasteiger partial charge on any atom is -0.497 e. The molecule has 0 atom stereocenters. The number of nitrogens with two attached hydrogens (primary N) is 1. The molecule has 0 aliphatic carbocycles. The molecule has 0 spiro atoms. The van der Waals surface area contributed by atoms with Gasteiger partial charge >= 0.3 is 0 Å². The molecular weight excluding hydrogens is 354 g/mol. The van der Waals surface area contributed by atoms with E-state index >= 15 is 0 Å². The Hall–Kier alpha value is -2.97. The second-order valence-electron chi connectivity index (χ2n) is 5.67. The maximum Gasteiger partial charge on any atom is 0.280 e. The van der Waals surface area contributed by atoms with Crippen LogP contribution < -0.4 is 14.9 Å². The number of primary sulfonamides is 1. The van der Waals surface area contributed by atoms with Crippen molar-refractivity contribution in [2.24, 2.45) is 10.2 Å². The molecule has 7 nitrogen and oxygen atoms in total. The Labute approximate surface area is 151 Å².